The third-order valence-electron chi connectivity index (χ3n) is 3.22. The molecule has 0 saturated heterocycles. The van der Waals surface area contributed by atoms with E-state index in [1.54, 1.807) is 6.33 Å². The van der Waals surface area contributed by atoms with Gasteiger partial charge in [-0.05, 0) is 17.7 Å². The third-order valence-corrected chi connectivity index (χ3v) is 3.22. The minimum atomic E-state index is -4.29. The van der Waals surface area contributed by atoms with Gasteiger partial charge in [-0.15, -0.1) is 10.2 Å². The number of nitrogens with one attached hydrogen (secondary N) is 1. The topological polar surface area (TPSA) is 42.7 Å². The molecular weight excluding hydrogens is 257 g/mol. The molecule has 4 nitrogen and oxygen atoms in total. The van der Waals surface area contributed by atoms with Crippen molar-refractivity contribution in [3.63, 3.8) is 0 Å². The summed E-state index contributed by atoms with van der Waals surface area (Å²) in [5.41, 5.74) is 0.199. The first kappa shape index (κ1) is 12.2. The molecule has 2 aromatic rings. The van der Waals surface area contributed by atoms with Crippen molar-refractivity contribution < 1.29 is 13.2 Å². The molecule has 0 bridgehead atoms. The Morgan fingerprint density at radius 3 is 2.63 bits per heavy atom. The van der Waals surface area contributed by atoms with Gasteiger partial charge >= 0.3 is 6.18 Å². The summed E-state index contributed by atoms with van der Waals surface area (Å²) in [5.74, 6) is 0.836. The fourth-order valence-electron chi connectivity index (χ4n) is 2.17. The van der Waals surface area contributed by atoms with Crippen molar-refractivity contribution in [2.45, 2.75) is 25.3 Å². The van der Waals surface area contributed by atoms with E-state index in [2.05, 4.69) is 15.5 Å². The van der Waals surface area contributed by atoms with E-state index in [0.717, 1.165) is 23.5 Å². The number of fused-ring (bicyclic) bond motifs is 1. The summed E-state index contributed by atoms with van der Waals surface area (Å²) in [4.78, 5) is 0. The Balaban J connectivity index is 1.81. The molecule has 1 aliphatic rings. The van der Waals surface area contributed by atoms with Crippen LogP contribution in [0.5, 0.6) is 0 Å². The lowest BCUT2D eigenvalue weighted by Crippen LogP contribution is -2.32. The van der Waals surface area contributed by atoms with Crippen molar-refractivity contribution in [3.05, 3.63) is 47.5 Å². The van der Waals surface area contributed by atoms with Crippen LogP contribution >= 0.6 is 0 Å². The van der Waals surface area contributed by atoms with Crippen LogP contribution in [0.4, 0.5) is 13.2 Å². The van der Waals surface area contributed by atoms with Gasteiger partial charge in [0.05, 0.1) is 18.2 Å². The number of benzene rings is 1. The molecule has 0 radical (unpaired) electrons. The third kappa shape index (κ3) is 2.33. The van der Waals surface area contributed by atoms with Crippen LogP contribution in [0.2, 0.25) is 0 Å². The summed E-state index contributed by atoms with van der Waals surface area (Å²) in [6, 6.07) is 5.22. The first-order valence-electron chi connectivity index (χ1n) is 5.81. The quantitative estimate of drug-likeness (QED) is 0.861. The van der Waals surface area contributed by atoms with Crippen LogP contribution in [0, 0.1) is 0 Å². The second kappa shape index (κ2) is 4.34. The molecule has 0 spiro atoms. The van der Waals surface area contributed by atoms with Crippen LogP contribution in [-0.4, -0.2) is 14.8 Å². The van der Waals surface area contributed by atoms with Gasteiger partial charge in [0, 0.05) is 6.54 Å². The summed E-state index contributed by atoms with van der Waals surface area (Å²) in [5, 5.41) is 11.0. The van der Waals surface area contributed by atoms with Crippen LogP contribution in [0.3, 0.4) is 0 Å². The van der Waals surface area contributed by atoms with Gasteiger partial charge in [0.15, 0.2) is 0 Å². The molecule has 1 aliphatic heterocycles. The van der Waals surface area contributed by atoms with Crippen LogP contribution in [0.25, 0.3) is 0 Å². The number of halogens is 3. The average Bonchev–Trinajstić information content (AvgIpc) is 2.85. The Bertz CT molecular complexity index is 573. The fourth-order valence-corrected chi connectivity index (χ4v) is 2.17. The standard InChI is InChI=1S/C12H11F3N4/c13-12(14,15)9-3-1-8(2-4-9)10-6-19-7-17-18-11(19)5-16-10/h1-4,7,10,16H,5-6H2. The lowest BCUT2D eigenvalue weighted by molar-refractivity contribution is -0.137. The number of hydrogen-bond acceptors (Lipinski definition) is 3. The van der Waals surface area contributed by atoms with Gasteiger partial charge in [-0.3, -0.25) is 0 Å². The second-order valence-corrected chi connectivity index (χ2v) is 4.45. The van der Waals surface area contributed by atoms with Gasteiger partial charge in [0.25, 0.3) is 0 Å². The summed E-state index contributed by atoms with van der Waals surface area (Å²) in [6.07, 6.45) is -2.66. The SMILES string of the molecule is FC(F)(F)c1ccc(C2Cn3cnnc3CN2)cc1. The van der Waals surface area contributed by atoms with Gasteiger partial charge in [0.1, 0.15) is 12.2 Å². The minimum absolute atomic E-state index is 0.0224. The average molecular weight is 268 g/mol. The maximum Gasteiger partial charge on any atom is 0.416 e. The zero-order valence-electron chi connectivity index (χ0n) is 9.85. The van der Waals surface area contributed by atoms with Gasteiger partial charge in [-0.2, -0.15) is 13.2 Å². The number of rotatable bonds is 1. The van der Waals surface area contributed by atoms with Crippen molar-refractivity contribution in [1.82, 2.24) is 20.1 Å². The molecule has 1 unspecified atom stereocenters. The largest absolute Gasteiger partial charge is 0.416 e. The minimum Gasteiger partial charge on any atom is -0.315 e. The monoisotopic (exact) mass is 268 g/mol. The number of hydrogen-bond donors (Lipinski definition) is 1. The lowest BCUT2D eigenvalue weighted by Gasteiger charge is -2.25. The second-order valence-electron chi connectivity index (χ2n) is 4.45. The van der Waals surface area contributed by atoms with Crippen LogP contribution in [0.1, 0.15) is 23.0 Å². The van der Waals surface area contributed by atoms with Crippen molar-refractivity contribution in [1.29, 1.82) is 0 Å². The zero-order valence-corrected chi connectivity index (χ0v) is 9.85. The number of aromatic nitrogens is 3. The Morgan fingerprint density at radius 1 is 1.21 bits per heavy atom. The Hall–Kier alpha value is -1.89. The molecule has 0 aliphatic carbocycles. The van der Waals surface area contributed by atoms with E-state index in [4.69, 9.17) is 0 Å². The predicted molar refractivity (Wildman–Crippen MR) is 61.0 cm³/mol. The Morgan fingerprint density at radius 2 is 1.95 bits per heavy atom. The molecule has 1 N–H and O–H groups in total. The predicted octanol–water partition coefficient (Wildman–Crippen LogP) is 2.14. The molecule has 100 valence electrons. The lowest BCUT2D eigenvalue weighted by atomic mass is 10.0. The van der Waals surface area contributed by atoms with E-state index in [-0.39, 0.29) is 6.04 Å². The Labute approximate surface area is 107 Å². The highest BCUT2D eigenvalue weighted by Crippen LogP contribution is 2.30. The summed E-state index contributed by atoms with van der Waals surface area (Å²) in [6.45, 7) is 1.18. The molecular formula is C12H11F3N4. The molecule has 7 heteroatoms. The van der Waals surface area contributed by atoms with E-state index in [1.807, 2.05) is 4.57 Å². The normalized spacial score (nSPS) is 19.2. The first-order valence-corrected chi connectivity index (χ1v) is 5.81. The molecule has 2 heterocycles. The van der Waals surface area contributed by atoms with E-state index in [1.165, 1.54) is 12.1 Å². The highest BCUT2D eigenvalue weighted by atomic mass is 19.4. The van der Waals surface area contributed by atoms with E-state index in [9.17, 15) is 13.2 Å². The smallest absolute Gasteiger partial charge is 0.315 e. The molecule has 0 saturated carbocycles. The molecule has 19 heavy (non-hydrogen) atoms. The van der Waals surface area contributed by atoms with Crippen molar-refractivity contribution in [3.8, 4) is 0 Å². The van der Waals surface area contributed by atoms with Crippen molar-refractivity contribution in [2.75, 3.05) is 0 Å². The number of nitrogens with zero attached hydrogens (tertiary/aromatic N) is 3. The van der Waals surface area contributed by atoms with Gasteiger partial charge in [0.2, 0.25) is 0 Å². The van der Waals surface area contributed by atoms with Crippen molar-refractivity contribution in [2.24, 2.45) is 0 Å². The summed E-state index contributed by atoms with van der Waals surface area (Å²) >= 11 is 0. The van der Waals surface area contributed by atoms with Crippen molar-refractivity contribution >= 4 is 0 Å². The number of alkyl halides is 3. The van der Waals surface area contributed by atoms with Crippen LogP contribution < -0.4 is 5.32 Å². The van der Waals surface area contributed by atoms with Gasteiger partial charge in [-0.25, -0.2) is 0 Å². The highest BCUT2D eigenvalue weighted by Gasteiger charge is 2.30. The summed E-state index contributed by atoms with van der Waals surface area (Å²) < 4.78 is 39.3. The van der Waals surface area contributed by atoms with Crippen LogP contribution in [-0.2, 0) is 19.3 Å². The van der Waals surface area contributed by atoms with E-state index >= 15 is 0 Å². The fraction of sp³-hybridized carbons (Fsp3) is 0.333. The van der Waals surface area contributed by atoms with Gasteiger partial charge < -0.3 is 9.88 Å². The highest BCUT2D eigenvalue weighted by molar-refractivity contribution is 5.27. The zero-order chi connectivity index (χ0) is 13.5. The van der Waals surface area contributed by atoms with E-state index < -0.39 is 11.7 Å². The first-order chi connectivity index (χ1) is 9.04. The maximum atomic E-state index is 12.5. The van der Waals surface area contributed by atoms with Crippen LogP contribution in [0.15, 0.2) is 30.6 Å². The molecule has 0 amide bonds. The molecule has 3 rings (SSSR count). The Kier molecular flexibility index (Phi) is 2.78. The summed E-state index contributed by atoms with van der Waals surface area (Å²) in [7, 11) is 0. The van der Waals surface area contributed by atoms with Gasteiger partial charge in [-0.1, -0.05) is 12.1 Å². The molecule has 1 atom stereocenters. The molecule has 1 aromatic heterocycles. The maximum absolute atomic E-state index is 12.5. The molecule has 0 fully saturated rings. The van der Waals surface area contributed by atoms with E-state index in [0.29, 0.717) is 13.1 Å². The molecule has 1 aromatic carbocycles.